The van der Waals surface area contributed by atoms with Crippen molar-refractivity contribution in [3.8, 4) is 5.69 Å². The highest BCUT2D eigenvalue weighted by molar-refractivity contribution is 5.43. The molecule has 1 heterocycles. The van der Waals surface area contributed by atoms with Crippen LogP contribution in [0.15, 0.2) is 24.3 Å². The standard InChI is InChI=1S/C16H23N3/c1-5-15-12(3)18-19(13(15)4)16-10-8-7-9-14(16)11-17-6-2/h7-10,17H,5-6,11H2,1-4H3. The highest BCUT2D eigenvalue weighted by Gasteiger charge is 2.13. The summed E-state index contributed by atoms with van der Waals surface area (Å²) >= 11 is 0. The highest BCUT2D eigenvalue weighted by Crippen LogP contribution is 2.21. The van der Waals surface area contributed by atoms with E-state index in [-0.39, 0.29) is 0 Å². The van der Waals surface area contributed by atoms with Gasteiger partial charge >= 0.3 is 0 Å². The lowest BCUT2D eigenvalue weighted by Crippen LogP contribution is -2.14. The molecule has 0 aliphatic carbocycles. The van der Waals surface area contributed by atoms with Gasteiger partial charge in [0.25, 0.3) is 0 Å². The molecule has 0 radical (unpaired) electrons. The number of aromatic nitrogens is 2. The number of rotatable bonds is 5. The van der Waals surface area contributed by atoms with Gasteiger partial charge in [-0.3, -0.25) is 0 Å². The molecule has 19 heavy (non-hydrogen) atoms. The van der Waals surface area contributed by atoms with Crippen molar-refractivity contribution in [1.29, 1.82) is 0 Å². The third kappa shape index (κ3) is 2.71. The Bertz CT molecular complexity index is 555. The van der Waals surface area contributed by atoms with E-state index >= 15 is 0 Å². The van der Waals surface area contributed by atoms with Crippen LogP contribution in [0.2, 0.25) is 0 Å². The summed E-state index contributed by atoms with van der Waals surface area (Å²) in [7, 11) is 0. The Hall–Kier alpha value is -1.61. The number of benzene rings is 1. The largest absolute Gasteiger partial charge is 0.313 e. The Morgan fingerprint density at radius 2 is 1.89 bits per heavy atom. The number of nitrogens with zero attached hydrogens (tertiary/aromatic N) is 2. The predicted octanol–water partition coefficient (Wildman–Crippen LogP) is 3.16. The van der Waals surface area contributed by atoms with Crippen LogP contribution in [0, 0.1) is 13.8 Å². The number of para-hydroxylation sites is 1. The van der Waals surface area contributed by atoms with E-state index in [0.717, 1.165) is 25.2 Å². The third-order valence-electron chi connectivity index (χ3n) is 3.58. The number of nitrogens with one attached hydrogen (secondary N) is 1. The molecule has 0 atom stereocenters. The average Bonchev–Trinajstić information content (AvgIpc) is 2.71. The minimum Gasteiger partial charge on any atom is -0.313 e. The minimum atomic E-state index is 0.881. The van der Waals surface area contributed by atoms with Gasteiger partial charge in [-0.05, 0) is 44.0 Å². The molecule has 0 aliphatic rings. The van der Waals surface area contributed by atoms with Gasteiger partial charge in [0, 0.05) is 12.2 Å². The predicted molar refractivity (Wildman–Crippen MR) is 79.8 cm³/mol. The van der Waals surface area contributed by atoms with Crippen LogP contribution in [0.1, 0.15) is 36.4 Å². The van der Waals surface area contributed by atoms with E-state index in [1.165, 1.54) is 22.5 Å². The molecule has 102 valence electrons. The van der Waals surface area contributed by atoms with E-state index in [0.29, 0.717) is 0 Å². The van der Waals surface area contributed by atoms with Gasteiger partial charge in [0.05, 0.1) is 11.4 Å². The van der Waals surface area contributed by atoms with Gasteiger partial charge in [-0.1, -0.05) is 32.0 Å². The molecule has 0 unspecified atom stereocenters. The lowest BCUT2D eigenvalue weighted by molar-refractivity contribution is 0.713. The van der Waals surface area contributed by atoms with Gasteiger partial charge in [-0.15, -0.1) is 0 Å². The quantitative estimate of drug-likeness (QED) is 0.891. The topological polar surface area (TPSA) is 29.9 Å². The molecule has 0 saturated heterocycles. The number of aryl methyl sites for hydroxylation is 1. The zero-order chi connectivity index (χ0) is 13.8. The van der Waals surface area contributed by atoms with E-state index in [2.05, 4.69) is 62.0 Å². The Kier molecular flexibility index (Phi) is 4.38. The summed E-state index contributed by atoms with van der Waals surface area (Å²) in [4.78, 5) is 0. The average molecular weight is 257 g/mol. The Morgan fingerprint density at radius 3 is 2.53 bits per heavy atom. The summed E-state index contributed by atoms with van der Waals surface area (Å²) in [6.07, 6.45) is 1.03. The summed E-state index contributed by atoms with van der Waals surface area (Å²) in [6.45, 7) is 10.4. The summed E-state index contributed by atoms with van der Waals surface area (Å²) < 4.78 is 2.08. The van der Waals surface area contributed by atoms with Crippen LogP contribution in [0.25, 0.3) is 5.69 Å². The highest BCUT2D eigenvalue weighted by atomic mass is 15.3. The third-order valence-corrected chi connectivity index (χ3v) is 3.58. The first-order chi connectivity index (χ1) is 9.19. The molecule has 1 N–H and O–H groups in total. The molecule has 0 bridgehead atoms. The first-order valence-corrected chi connectivity index (χ1v) is 7.03. The van der Waals surface area contributed by atoms with E-state index in [1.54, 1.807) is 0 Å². The zero-order valence-electron chi connectivity index (χ0n) is 12.3. The Labute approximate surface area is 115 Å². The summed E-state index contributed by atoms with van der Waals surface area (Å²) in [5.74, 6) is 0. The van der Waals surface area contributed by atoms with E-state index in [9.17, 15) is 0 Å². The van der Waals surface area contributed by atoms with E-state index < -0.39 is 0 Å². The molecule has 3 nitrogen and oxygen atoms in total. The van der Waals surface area contributed by atoms with Crippen molar-refractivity contribution in [3.63, 3.8) is 0 Å². The first-order valence-electron chi connectivity index (χ1n) is 7.03. The van der Waals surface area contributed by atoms with Gasteiger partial charge in [0.2, 0.25) is 0 Å². The lowest BCUT2D eigenvalue weighted by Gasteiger charge is -2.11. The molecule has 0 saturated carbocycles. The zero-order valence-corrected chi connectivity index (χ0v) is 12.3. The van der Waals surface area contributed by atoms with Crippen molar-refractivity contribution in [2.75, 3.05) is 6.54 Å². The molecule has 0 amide bonds. The van der Waals surface area contributed by atoms with Crippen molar-refractivity contribution < 1.29 is 0 Å². The second-order valence-electron chi connectivity index (χ2n) is 4.82. The van der Waals surface area contributed by atoms with Crippen molar-refractivity contribution in [2.45, 2.75) is 40.7 Å². The fourth-order valence-electron chi connectivity index (χ4n) is 2.55. The van der Waals surface area contributed by atoms with Crippen LogP contribution < -0.4 is 5.32 Å². The van der Waals surface area contributed by atoms with E-state index in [4.69, 9.17) is 5.10 Å². The van der Waals surface area contributed by atoms with Crippen LogP contribution in [0.4, 0.5) is 0 Å². The maximum Gasteiger partial charge on any atom is 0.0693 e. The van der Waals surface area contributed by atoms with Gasteiger partial charge < -0.3 is 5.32 Å². The van der Waals surface area contributed by atoms with Gasteiger partial charge in [-0.25, -0.2) is 4.68 Å². The number of hydrogen-bond acceptors (Lipinski definition) is 2. The van der Waals surface area contributed by atoms with Crippen LogP contribution in [-0.4, -0.2) is 16.3 Å². The van der Waals surface area contributed by atoms with Crippen LogP contribution in [0.5, 0.6) is 0 Å². The normalized spacial score (nSPS) is 10.9. The second kappa shape index (κ2) is 6.02. The molecule has 1 aromatic carbocycles. The van der Waals surface area contributed by atoms with Crippen molar-refractivity contribution in [1.82, 2.24) is 15.1 Å². The summed E-state index contributed by atoms with van der Waals surface area (Å²) in [5.41, 5.74) is 6.22. The SMILES string of the molecule is CCNCc1ccccc1-n1nc(C)c(CC)c1C. The molecular weight excluding hydrogens is 234 g/mol. The monoisotopic (exact) mass is 257 g/mol. The fraction of sp³-hybridized carbons (Fsp3) is 0.438. The van der Waals surface area contributed by atoms with Crippen LogP contribution in [0.3, 0.4) is 0 Å². The maximum atomic E-state index is 4.71. The molecule has 0 fully saturated rings. The maximum absolute atomic E-state index is 4.71. The molecule has 3 heteroatoms. The Balaban J connectivity index is 2.47. The summed E-state index contributed by atoms with van der Waals surface area (Å²) in [5, 5.41) is 8.10. The van der Waals surface area contributed by atoms with Crippen molar-refractivity contribution in [2.24, 2.45) is 0 Å². The van der Waals surface area contributed by atoms with Crippen molar-refractivity contribution in [3.05, 3.63) is 46.8 Å². The number of hydrogen-bond donors (Lipinski definition) is 1. The first kappa shape index (κ1) is 13.8. The Morgan fingerprint density at radius 1 is 1.16 bits per heavy atom. The molecule has 1 aromatic heterocycles. The van der Waals surface area contributed by atoms with Crippen molar-refractivity contribution >= 4 is 0 Å². The summed E-state index contributed by atoms with van der Waals surface area (Å²) in [6, 6.07) is 8.47. The van der Waals surface area contributed by atoms with Gasteiger partial charge in [0.1, 0.15) is 0 Å². The molecule has 2 rings (SSSR count). The lowest BCUT2D eigenvalue weighted by atomic mass is 10.1. The molecule has 0 aliphatic heterocycles. The molecular formula is C16H23N3. The fourth-order valence-corrected chi connectivity index (χ4v) is 2.55. The van der Waals surface area contributed by atoms with Crippen LogP contribution >= 0.6 is 0 Å². The molecule has 2 aromatic rings. The van der Waals surface area contributed by atoms with E-state index in [1.807, 2.05) is 0 Å². The second-order valence-corrected chi connectivity index (χ2v) is 4.82. The minimum absolute atomic E-state index is 0.881. The molecule has 0 spiro atoms. The van der Waals surface area contributed by atoms with Crippen LogP contribution in [-0.2, 0) is 13.0 Å². The smallest absolute Gasteiger partial charge is 0.0693 e. The van der Waals surface area contributed by atoms with Gasteiger partial charge in [-0.2, -0.15) is 5.10 Å². The van der Waals surface area contributed by atoms with Gasteiger partial charge in [0.15, 0.2) is 0 Å².